The fourth-order valence-electron chi connectivity index (χ4n) is 3.23. The zero-order valence-corrected chi connectivity index (χ0v) is 13.5. The molecular weight excluding hydrogens is 304 g/mol. The molecule has 0 saturated carbocycles. The van der Waals surface area contributed by atoms with E-state index in [2.05, 4.69) is 12.1 Å². The number of carbonyl (C=O) groups is 1. The summed E-state index contributed by atoms with van der Waals surface area (Å²) in [6, 6.07) is 12.5. The van der Waals surface area contributed by atoms with E-state index in [1.54, 1.807) is 6.07 Å². The number of nitrogens with zero attached hydrogens (tertiary/aromatic N) is 1. The van der Waals surface area contributed by atoms with Crippen LogP contribution in [0.3, 0.4) is 0 Å². The minimum atomic E-state index is -1.09. The number of carboxylic acid groups (broad SMARTS) is 1. The number of fused-ring (bicyclic) bond motifs is 1. The Morgan fingerprint density at radius 2 is 1.92 bits per heavy atom. The smallest absolute Gasteiger partial charge is 0.336 e. The van der Waals surface area contributed by atoms with Gasteiger partial charge in [0.2, 0.25) is 0 Å². The number of benzene rings is 2. The Morgan fingerprint density at radius 3 is 2.62 bits per heavy atom. The Balaban J connectivity index is 1.85. The Bertz CT molecular complexity index is 801. The largest absolute Gasteiger partial charge is 0.508 e. The van der Waals surface area contributed by atoms with Gasteiger partial charge in [-0.15, -0.1) is 0 Å². The minimum absolute atomic E-state index is 0.0460. The summed E-state index contributed by atoms with van der Waals surface area (Å²) in [6.07, 6.45) is 0.882. The van der Waals surface area contributed by atoms with Crippen molar-refractivity contribution in [1.82, 2.24) is 4.90 Å². The molecule has 24 heavy (non-hydrogen) atoms. The van der Waals surface area contributed by atoms with Gasteiger partial charge >= 0.3 is 5.97 Å². The van der Waals surface area contributed by atoms with Gasteiger partial charge in [0.15, 0.2) is 0 Å². The van der Waals surface area contributed by atoms with E-state index in [1.165, 1.54) is 23.3 Å². The number of carboxylic acids is 1. The average molecular weight is 324 g/mol. The van der Waals surface area contributed by atoms with Crippen LogP contribution in [0.25, 0.3) is 0 Å². The first kappa shape index (κ1) is 16.1. The maximum atomic E-state index is 11.4. The summed E-state index contributed by atoms with van der Waals surface area (Å²) in [6.45, 7) is 3.25. The van der Waals surface area contributed by atoms with E-state index in [0.29, 0.717) is 17.9 Å². The molecule has 0 bridgehead atoms. The first-order chi connectivity index (χ1) is 11.5. The van der Waals surface area contributed by atoms with E-state index in [-0.39, 0.29) is 17.2 Å². The molecule has 5 heteroatoms. The van der Waals surface area contributed by atoms with E-state index >= 15 is 0 Å². The fraction of sp³-hybridized carbons (Fsp3) is 0.263. The molecule has 0 aromatic heterocycles. The third-order valence-electron chi connectivity index (χ3n) is 4.62. The highest BCUT2D eigenvalue weighted by Crippen LogP contribution is 2.28. The van der Waals surface area contributed by atoms with Crippen molar-refractivity contribution in [1.29, 1.82) is 5.41 Å². The summed E-state index contributed by atoms with van der Waals surface area (Å²) in [5.41, 5.74) is 3.11. The number of rotatable bonds is 3. The summed E-state index contributed by atoms with van der Waals surface area (Å²) in [4.78, 5) is 13.4. The van der Waals surface area contributed by atoms with Crippen molar-refractivity contribution in [2.45, 2.75) is 25.8 Å². The summed E-state index contributed by atoms with van der Waals surface area (Å²) in [7, 11) is 0. The Kier molecular flexibility index (Phi) is 4.25. The average Bonchev–Trinajstić information content (AvgIpc) is 2.60. The third-order valence-corrected chi connectivity index (χ3v) is 4.62. The van der Waals surface area contributed by atoms with Crippen LogP contribution < -0.4 is 0 Å². The number of amidine groups is 1. The van der Waals surface area contributed by atoms with Gasteiger partial charge < -0.3 is 15.1 Å². The van der Waals surface area contributed by atoms with Gasteiger partial charge in [0.05, 0.1) is 5.56 Å². The van der Waals surface area contributed by atoms with Crippen LogP contribution in [-0.4, -0.2) is 33.5 Å². The van der Waals surface area contributed by atoms with Crippen molar-refractivity contribution in [2.24, 2.45) is 0 Å². The zero-order valence-electron chi connectivity index (χ0n) is 13.5. The van der Waals surface area contributed by atoms with Crippen molar-refractivity contribution in [2.75, 3.05) is 6.54 Å². The highest BCUT2D eigenvalue weighted by molar-refractivity contribution is 5.94. The monoisotopic (exact) mass is 324 g/mol. The lowest BCUT2D eigenvalue weighted by Crippen LogP contribution is -2.38. The van der Waals surface area contributed by atoms with Crippen LogP contribution in [0.5, 0.6) is 5.75 Å². The van der Waals surface area contributed by atoms with Crippen LogP contribution in [0.1, 0.15) is 39.9 Å². The number of phenols is 1. The van der Waals surface area contributed by atoms with E-state index in [1.807, 2.05) is 24.0 Å². The molecule has 1 heterocycles. The molecule has 0 amide bonds. The third kappa shape index (κ3) is 2.97. The summed E-state index contributed by atoms with van der Waals surface area (Å²) >= 11 is 0. The van der Waals surface area contributed by atoms with Gasteiger partial charge in [-0.3, -0.25) is 5.41 Å². The lowest BCUT2D eigenvalue weighted by atomic mass is 9.92. The second-order valence-corrected chi connectivity index (χ2v) is 6.12. The molecule has 3 N–H and O–H groups in total. The van der Waals surface area contributed by atoms with Gasteiger partial charge in [0.1, 0.15) is 11.6 Å². The first-order valence-corrected chi connectivity index (χ1v) is 7.93. The lowest BCUT2D eigenvalue weighted by molar-refractivity contribution is 0.0695. The summed E-state index contributed by atoms with van der Waals surface area (Å²) < 4.78 is 0. The van der Waals surface area contributed by atoms with Crippen molar-refractivity contribution in [3.63, 3.8) is 0 Å². The molecule has 0 radical (unpaired) electrons. The molecule has 0 unspecified atom stereocenters. The van der Waals surface area contributed by atoms with Gasteiger partial charge in [-0.1, -0.05) is 37.3 Å². The number of hydrogen-bond acceptors (Lipinski definition) is 3. The first-order valence-electron chi connectivity index (χ1n) is 7.93. The molecule has 1 aliphatic rings. The molecule has 1 atom stereocenters. The van der Waals surface area contributed by atoms with Crippen LogP contribution in [0, 0.1) is 5.41 Å². The molecule has 0 fully saturated rings. The number of phenolic OH excluding ortho intramolecular Hbond substituents is 1. The fourth-order valence-corrected chi connectivity index (χ4v) is 3.23. The van der Waals surface area contributed by atoms with Gasteiger partial charge in [0, 0.05) is 19.0 Å². The SMILES string of the molecule is C[C@H](C(=N)N1CCc2ccccc2C1)c1ccc(O)cc1C(=O)O. The molecule has 124 valence electrons. The van der Waals surface area contributed by atoms with Crippen LogP contribution in [-0.2, 0) is 13.0 Å². The van der Waals surface area contributed by atoms with Gasteiger partial charge in [-0.25, -0.2) is 4.79 Å². The van der Waals surface area contributed by atoms with Crippen LogP contribution >= 0.6 is 0 Å². The van der Waals surface area contributed by atoms with Gasteiger partial charge in [0.25, 0.3) is 0 Å². The van der Waals surface area contributed by atoms with E-state index in [4.69, 9.17) is 5.41 Å². The predicted molar refractivity (Wildman–Crippen MR) is 91.8 cm³/mol. The van der Waals surface area contributed by atoms with E-state index in [9.17, 15) is 15.0 Å². The van der Waals surface area contributed by atoms with Crippen molar-refractivity contribution in [3.05, 3.63) is 64.7 Å². The summed E-state index contributed by atoms with van der Waals surface area (Å²) in [5.74, 6) is -1.13. The Hall–Kier alpha value is -2.82. The van der Waals surface area contributed by atoms with Crippen LogP contribution in [0.15, 0.2) is 42.5 Å². The minimum Gasteiger partial charge on any atom is -0.508 e. The van der Waals surface area contributed by atoms with Crippen LogP contribution in [0.2, 0.25) is 0 Å². The molecule has 0 saturated heterocycles. The van der Waals surface area contributed by atoms with E-state index < -0.39 is 5.97 Å². The quantitative estimate of drug-likeness (QED) is 0.598. The second kappa shape index (κ2) is 6.35. The highest BCUT2D eigenvalue weighted by Gasteiger charge is 2.25. The number of hydrogen-bond donors (Lipinski definition) is 3. The molecule has 0 spiro atoms. The predicted octanol–water partition coefficient (Wildman–Crippen LogP) is 3.23. The number of aromatic hydroxyl groups is 1. The number of nitrogens with one attached hydrogen (secondary N) is 1. The van der Waals surface area contributed by atoms with Gasteiger partial charge in [-0.05, 0) is 35.2 Å². The molecule has 1 aliphatic heterocycles. The maximum Gasteiger partial charge on any atom is 0.336 e. The van der Waals surface area contributed by atoms with Crippen molar-refractivity contribution in [3.8, 4) is 5.75 Å². The molecule has 0 aliphatic carbocycles. The molecule has 5 nitrogen and oxygen atoms in total. The standard InChI is InChI=1S/C19H20N2O3/c1-12(16-7-6-15(22)10-17(16)19(23)24)18(20)21-9-8-13-4-2-3-5-14(13)11-21/h2-7,10,12,20,22H,8-9,11H2,1H3,(H,23,24)/t12-/m0/s1. The second-order valence-electron chi connectivity index (χ2n) is 6.12. The lowest BCUT2D eigenvalue weighted by Gasteiger charge is -2.33. The van der Waals surface area contributed by atoms with Crippen molar-refractivity contribution < 1.29 is 15.0 Å². The molecule has 2 aromatic carbocycles. The topological polar surface area (TPSA) is 84.6 Å². The van der Waals surface area contributed by atoms with Crippen molar-refractivity contribution >= 4 is 11.8 Å². The van der Waals surface area contributed by atoms with Crippen LogP contribution in [0.4, 0.5) is 0 Å². The normalized spacial score (nSPS) is 14.8. The Morgan fingerprint density at radius 1 is 1.21 bits per heavy atom. The molecular formula is C19H20N2O3. The zero-order chi connectivity index (χ0) is 17.3. The maximum absolute atomic E-state index is 11.4. The Labute approximate surface area is 140 Å². The number of aromatic carboxylic acids is 1. The van der Waals surface area contributed by atoms with Gasteiger partial charge in [-0.2, -0.15) is 0 Å². The molecule has 2 aromatic rings. The van der Waals surface area contributed by atoms with E-state index in [0.717, 1.165) is 13.0 Å². The summed E-state index contributed by atoms with van der Waals surface area (Å²) in [5, 5.41) is 27.4. The highest BCUT2D eigenvalue weighted by atomic mass is 16.4. The molecule has 3 rings (SSSR count).